The first kappa shape index (κ1) is 14.2. The molecule has 21 heavy (non-hydrogen) atoms. The molecule has 112 valence electrons. The molecule has 1 aliphatic carbocycles. The van der Waals surface area contributed by atoms with E-state index in [1.54, 1.807) is 0 Å². The van der Waals surface area contributed by atoms with Gasteiger partial charge in [-0.3, -0.25) is 0 Å². The summed E-state index contributed by atoms with van der Waals surface area (Å²) in [5, 5.41) is 8.67. The van der Waals surface area contributed by atoms with Gasteiger partial charge >= 0.3 is 0 Å². The van der Waals surface area contributed by atoms with Crippen molar-refractivity contribution in [1.29, 1.82) is 0 Å². The molecule has 1 aliphatic rings. The summed E-state index contributed by atoms with van der Waals surface area (Å²) < 4.78 is 0. The summed E-state index contributed by atoms with van der Waals surface area (Å²) in [6.45, 7) is 3.16. The van der Waals surface area contributed by atoms with Gasteiger partial charge in [0.25, 0.3) is 0 Å². The molecular weight excluding hydrogens is 262 g/mol. The number of benzene rings is 1. The van der Waals surface area contributed by atoms with Gasteiger partial charge in [0.15, 0.2) is 0 Å². The minimum atomic E-state index is 0.361. The van der Waals surface area contributed by atoms with Crippen LogP contribution in [0, 0.1) is 0 Å². The highest BCUT2D eigenvalue weighted by Crippen LogP contribution is 2.25. The lowest BCUT2D eigenvalue weighted by molar-refractivity contribution is 0.372. The largest absolute Gasteiger partial charge is 0.337 e. The van der Waals surface area contributed by atoms with E-state index >= 15 is 0 Å². The highest BCUT2D eigenvalue weighted by Gasteiger charge is 2.25. The molecule has 1 fully saturated rings. The van der Waals surface area contributed by atoms with E-state index in [0.29, 0.717) is 12.1 Å². The van der Waals surface area contributed by atoms with E-state index in [1.807, 2.05) is 24.3 Å². The molecule has 1 aromatic carbocycles. The predicted molar refractivity (Wildman–Crippen MR) is 85.2 cm³/mol. The lowest BCUT2D eigenvalue weighted by atomic mass is 9.91. The Morgan fingerprint density at radius 2 is 1.81 bits per heavy atom. The van der Waals surface area contributed by atoms with E-state index in [0.717, 1.165) is 55.6 Å². The summed E-state index contributed by atoms with van der Waals surface area (Å²) in [4.78, 5) is 7.03. The molecule has 0 radical (unpaired) electrons. The first-order valence-electron chi connectivity index (χ1n) is 7.89. The lowest BCUT2D eigenvalue weighted by Gasteiger charge is -2.35. The molecule has 3 rings (SSSR count). The fourth-order valence-electron chi connectivity index (χ4n) is 3.09. The van der Waals surface area contributed by atoms with Gasteiger partial charge in [0, 0.05) is 18.6 Å². The standard InChI is InChI=1S/C16H23N5/c1-2-11-21(13-9-7-12(17)8-10-13)16-18-14-5-3-4-6-15(14)19-20-16/h3-6,12-13H,2,7-11,17H2,1H3. The molecule has 0 unspecified atom stereocenters. The smallest absolute Gasteiger partial charge is 0.246 e. The van der Waals surface area contributed by atoms with E-state index in [-0.39, 0.29) is 0 Å². The molecule has 0 amide bonds. The van der Waals surface area contributed by atoms with Crippen molar-refractivity contribution in [1.82, 2.24) is 15.2 Å². The van der Waals surface area contributed by atoms with Crippen molar-refractivity contribution >= 4 is 17.0 Å². The molecule has 1 saturated carbocycles. The molecule has 0 aliphatic heterocycles. The average Bonchev–Trinajstić information content (AvgIpc) is 2.53. The molecule has 0 bridgehead atoms. The Labute approximate surface area is 125 Å². The molecule has 5 heteroatoms. The topological polar surface area (TPSA) is 67.9 Å². The van der Waals surface area contributed by atoms with Crippen LogP contribution in [0.4, 0.5) is 5.95 Å². The highest BCUT2D eigenvalue weighted by molar-refractivity contribution is 5.74. The van der Waals surface area contributed by atoms with Gasteiger partial charge < -0.3 is 10.6 Å². The third kappa shape index (κ3) is 3.13. The minimum absolute atomic E-state index is 0.361. The lowest BCUT2D eigenvalue weighted by Crippen LogP contribution is -2.42. The molecule has 2 N–H and O–H groups in total. The average molecular weight is 285 g/mol. The molecule has 1 aromatic heterocycles. The quantitative estimate of drug-likeness (QED) is 0.935. The molecule has 0 atom stereocenters. The molecule has 2 aromatic rings. The molecule has 0 spiro atoms. The van der Waals surface area contributed by atoms with Gasteiger partial charge in [-0.1, -0.05) is 19.1 Å². The van der Waals surface area contributed by atoms with E-state index in [9.17, 15) is 0 Å². The molecule has 5 nitrogen and oxygen atoms in total. The van der Waals surface area contributed by atoms with Crippen molar-refractivity contribution in [2.24, 2.45) is 5.73 Å². The summed E-state index contributed by atoms with van der Waals surface area (Å²) in [5.74, 6) is 0.760. The Hall–Kier alpha value is -1.75. The second kappa shape index (κ2) is 6.35. The number of hydrogen-bond donors (Lipinski definition) is 1. The fraction of sp³-hybridized carbons (Fsp3) is 0.562. The van der Waals surface area contributed by atoms with E-state index < -0.39 is 0 Å². The minimum Gasteiger partial charge on any atom is -0.337 e. The number of para-hydroxylation sites is 1. The van der Waals surface area contributed by atoms with Gasteiger partial charge in [0.1, 0.15) is 5.52 Å². The number of anilines is 1. The van der Waals surface area contributed by atoms with Gasteiger partial charge in [-0.2, -0.15) is 0 Å². The van der Waals surface area contributed by atoms with Crippen molar-refractivity contribution < 1.29 is 0 Å². The van der Waals surface area contributed by atoms with Crippen LogP contribution in [0.2, 0.25) is 0 Å². The number of nitrogens with two attached hydrogens (primary N) is 1. The van der Waals surface area contributed by atoms with Crippen LogP contribution in [0.15, 0.2) is 24.3 Å². The van der Waals surface area contributed by atoms with Crippen molar-refractivity contribution in [2.75, 3.05) is 11.4 Å². The third-order valence-corrected chi connectivity index (χ3v) is 4.25. The van der Waals surface area contributed by atoms with Gasteiger partial charge in [0.05, 0.1) is 5.52 Å². The Balaban J connectivity index is 1.87. The summed E-state index contributed by atoms with van der Waals surface area (Å²) in [6.07, 6.45) is 5.51. The summed E-state index contributed by atoms with van der Waals surface area (Å²) in [6, 6.07) is 8.75. The molecular formula is C16H23N5. The summed E-state index contributed by atoms with van der Waals surface area (Å²) in [7, 11) is 0. The maximum absolute atomic E-state index is 6.02. The zero-order valence-corrected chi connectivity index (χ0v) is 12.6. The number of hydrogen-bond acceptors (Lipinski definition) is 5. The summed E-state index contributed by atoms with van der Waals surface area (Å²) in [5.41, 5.74) is 7.79. The van der Waals surface area contributed by atoms with Gasteiger partial charge in [-0.15, -0.1) is 10.2 Å². The van der Waals surface area contributed by atoms with E-state index in [1.165, 1.54) is 0 Å². The number of rotatable bonds is 4. The first-order chi connectivity index (χ1) is 10.3. The van der Waals surface area contributed by atoms with Crippen LogP contribution in [-0.2, 0) is 0 Å². The van der Waals surface area contributed by atoms with E-state index in [2.05, 4.69) is 22.0 Å². The maximum Gasteiger partial charge on any atom is 0.246 e. The molecule has 1 heterocycles. The highest BCUT2D eigenvalue weighted by atomic mass is 15.3. The van der Waals surface area contributed by atoms with Crippen LogP contribution in [0.1, 0.15) is 39.0 Å². The van der Waals surface area contributed by atoms with Crippen LogP contribution < -0.4 is 10.6 Å². The maximum atomic E-state index is 6.02. The Kier molecular flexibility index (Phi) is 4.29. The van der Waals surface area contributed by atoms with Crippen LogP contribution in [0.5, 0.6) is 0 Å². The SMILES string of the molecule is CCCN(c1nnc2ccccc2n1)C1CCC(N)CC1. The van der Waals surface area contributed by atoms with Gasteiger partial charge in [-0.25, -0.2) is 4.98 Å². The Bertz CT molecular complexity index is 592. The first-order valence-corrected chi connectivity index (χ1v) is 7.89. The zero-order chi connectivity index (χ0) is 14.7. The van der Waals surface area contributed by atoms with Crippen LogP contribution in [0.25, 0.3) is 11.0 Å². The number of aromatic nitrogens is 3. The summed E-state index contributed by atoms with van der Waals surface area (Å²) >= 11 is 0. The second-order valence-electron chi connectivity index (χ2n) is 5.86. The fourth-order valence-corrected chi connectivity index (χ4v) is 3.09. The zero-order valence-electron chi connectivity index (χ0n) is 12.6. The van der Waals surface area contributed by atoms with Crippen molar-refractivity contribution in [2.45, 2.75) is 51.1 Å². The van der Waals surface area contributed by atoms with Crippen LogP contribution in [0.3, 0.4) is 0 Å². The number of fused-ring (bicyclic) bond motifs is 1. The second-order valence-corrected chi connectivity index (χ2v) is 5.86. The normalized spacial score (nSPS) is 22.4. The van der Waals surface area contributed by atoms with Crippen LogP contribution >= 0.6 is 0 Å². The Morgan fingerprint density at radius 1 is 1.10 bits per heavy atom. The van der Waals surface area contributed by atoms with Crippen molar-refractivity contribution in [3.05, 3.63) is 24.3 Å². The molecule has 0 saturated heterocycles. The van der Waals surface area contributed by atoms with Gasteiger partial charge in [-0.05, 0) is 44.2 Å². The predicted octanol–water partition coefficient (Wildman–Crippen LogP) is 2.51. The number of nitrogens with zero attached hydrogens (tertiary/aromatic N) is 4. The van der Waals surface area contributed by atoms with Gasteiger partial charge in [0.2, 0.25) is 5.95 Å². The van der Waals surface area contributed by atoms with E-state index in [4.69, 9.17) is 10.7 Å². The van der Waals surface area contributed by atoms with Crippen molar-refractivity contribution in [3.63, 3.8) is 0 Å². The van der Waals surface area contributed by atoms with Crippen molar-refractivity contribution in [3.8, 4) is 0 Å². The monoisotopic (exact) mass is 285 g/mol. The Morgan fingerprint density at radius 3 is 2.52 bits per heavy atom. The van der Waals surface area contributed by atoms with Crippen LogP contribution in [-0.4, -0.2) is 33.8 Å². The third-order valence-electron chi connectivity index (χ3n) is 4.25.